The number of carbonyl (C=O) groups is 1. The molecule has 2 saturated heterocycles. The molecule has 9 nitrogen and oxygen atoms in total. The molecule has 11 heteroatoms. The molecule has 0 bridgehead atoms. The molecule has 0 saturated carbocycles. The van der Waals surface area contributed by atoms with Gasteiger partial charge < -0.3 is 9.47 Å². The first-order valence-corrected chi connectivity index (χ1v) is 15.7. The summed E-state index contributed by atoms with van der Waals surface area (Å²) < 4.78 is 40.3. The number of hydrogen-bond acceptors (Lipinski definition) is 8. The van der Waals surface area contributed by atoms with Gasteiger partial charge in [0.2, 0.25) is 15.9 Å². The Labute approximate surface area is 234 Å². The van der Waals surface area contributed by atoms with Gasteiger partial charge in [0, 0.05) is 32.7 Å². The Morgan fingerprint density at radius 1 is 1.15 bits per heavy atom. The highest BCUT2D eigenvalue weighted by molar-refractivity contribution is 7.89. The fourth-order valence-corrected chi connectivity index (χ4v) is 8.21. The molecule has 3 aromatic rings. The van der Waals surface area contributed by atoms with Crippen LogP contribution in [0.2, 0.25) is 0 Å². The maximum absolute atomic E-state index is 14.2. The van der Waals surface area contributed by atoms with Crippen LogP contribution in [0, 0.1) is 13.8 Å². The van der Waals surface area contributed by atoms with E-state index in [0.29, 0.717) is 36.8 Å². The lowest BCUT2D eigenvalue weighted by Gasteiger charge is -2.30. The average molecular weight is 573 g/mol. The number of hydrogen-bond donors (Lipinski definition) is 0. The average Bonchev–Trinajstić information content (AvgIpc) is 3.60. The zero-order valence-electron chi connectivity index (χ0n) is 22.8. The van der Waals surface area contributed by atoms with Crippen molar-refractivity contribution in [2.75, 3.05) is 57.9 Å². The van der Waals surface area contributed by atoms with Crippen LogP contribution in [-0.2, 0) is 19.6 Å². The quantitative estimate of drug-likeness (QED) is 0.385. The molecule has 1 atom stereocenters. The molecule has 0 radical (unpaired) electrons. The number of ether oxygens (including phenoxy) is 2. The number of fused-ring (bicyclic) bond motifs is 1. The predicted octanol–water partition coefficient (Wildman–Crippen LogP) is 3.83. The second kappa shape index (κ2) is 11.9. The van der Waals surface area contributed by atoms with Gasteiger partial charge in [-0.1, -0.05) is 17.4 Å². The Balaban J connectivity index is 1.43. The maximum atomic E-state index is 14.2. The highest BCUT2D eigenvalue weighted by Crippen LogP contribution is 2.34. The molecule has 5 rings (SSSR count). The van der Waals surface area contributed by atoms with Crippen molar-refractivity contribution in [3.05, 3.63) is 47.5 Å². The van der Waals surface area contributed by atoms with E-state index in [4.69, 9.17) is 14.5 Å². The molecule has 3 heterocycles. The van der Waals surface area contributed by atoms with Crippen molar-refractivity contribution in [2.24, 2.45) is 0 Å². The number of aromatic nitrogens is 1. The fraction of sp³-hybridized carbons (Fsp3) is 0.500. The summed E-state index contributed by atoms with van der Waals surface area (Å²) in [6, 6.07) is 9.74. The molecular formula is C28H36N4O5S2. The lowest BCUT2D eigenvalue weighted by Crippen LogP contribution is -2.48. The summed E-state index contributed by atoms with van der Waals surface area (Å²) in [5.74, 6) is 0.371. The normalized spacial score (nSPS) is 19.0. The first-order valence-electron chi connectivity index (χ1n) is 13.4. The number of thiazole rings is 1. The van der Waals surface area contributed by atoms with Crippen molar-refractivity contribution >= 4 is 42.6 Å². The van der Waals surface area contributed by atoms with Gasteiger partial charge in [-0.3, -0.25) is 14.6 Å². The lowest BCUT2D eigenvalue weighted by atomic mass is 10.1. The zero-order valence-corrected chi connectivity index (χ0v) is 24.4. The Hall–Kier alpha value is -2.57. The minimum absolute atomic E-state index is 0.160. The monoisotopic (exact) mass is 572 g/mol. The van der Waals surface area contributed by atoms with Crippen LogP contribution < -0.4 is 9.64 Å². The molecule has 0 N–H and O–H groups in total. The summed E-state index contributed by atoms with van der Waals surface area (Å²) in [6.45, 7) is 8.91. The van der Waals surface area contributed by atoms with Gasteiger partial charge in [0.1, 0.15) is 11.8 Å². The first kappa shape index (κ1) is 28.0. The van der Waals surface area contributed by atoms with E-state index in [1.54, 1.807) is 17.0 Å². The van der Waals surface area contributed by atoms with Crippen molar-refractivity contribution in [3.63, 3.8) is 0 Å². The molecule has 39 heavy (non-hydrogen) atoms. The van der Waals surface area contributed by atoms with Crippen LogP contribution >= 0.6 is 11.3 Å². The van der Waals surface area contributed by atoms with E-state index < -0.39 is 16.1 Å². The van der Waals surface area contributed by atoms with E-state index in [0.717, 1.165) is 60.6 Å². The summed E-state index contributed by atoms with van der Waals surface area (Å²) in [5.41, 5.74) is 3.10. The van der Waals surface area contributed by atoms with Crippen molar-refractivity contribution in [3.8, 4) is 5.75 Å². The molecule has 2 aliphatic heterocycles. The second-order valence-electron chi connectivity index (χ2n) is 10.2. The molecule has 210 valence electrons. The van der Waals surface area contributed by atoms with E-state index in [9.17, 15) is 13.2 Å². The molecular weight excluding hydrogens is 536 g/mol. The molecule has 1 aromatic heterocycles. The van der Waals surface area contributed by atoms with Gasteiger partial charge in [-0.25, -0.2) is 13.4 Å². The van der Waals surface area contributed by atoms with Crippen LogP contribution in [0.25, 0.3) is 10.2 Å². The first-order chi connectivity index (χ1) is 18.8. The minimum Gasteiger partial charge on any atom is -0.497 e. The van der Waals surface area contributed by atoms with Crippen LogP contribution in [0.15, 0.2) is 41.3 Å². The summed E-state index contributed by atoms with van der Waals surface area (Å²) in [6.07, 6.45) is 1.88. The molecule has 2 aromatic carbocycles. The van der Waals surface area contributed by atoms with Crippen molar-refractivity contribution in [2.45, 2.75) is 44.0 Å². The van der Waals surface area contributed by atoms with Gasteiger partial charge >= 0.3 is 0 Å². The van der Waals surface area contributed by atoms with E-state index in [1.807, 2.05) is 6.92 Å². The van der Waals surface area contributed by atoms with E-state index >= 15 is 0 Å². The van der Waals surface area contributed by atoms with Crippen LogP contribution in [0.1, 0.15) is 30.4 Å². The summed E-state index contributed by atoms with van der Waals surface area (Å²) >= 11 is 1.49. The van der Waals surface area contributed by atoms with Gasteiger partial charge in [0.25, 0.3) is 0 Å². The number of morpholine rings is 1. The second-order valence-corrected chi connectivity index (χ2v) is 13.1. The number of anilines is 1. The highest BCUT2D eigenvalue weighted by atomic mass is 32.2. The number of sulfonamides is 1. The molecule has 1 unspecified atom stereocenters. The summed E-state index contributed by atoms with van der Waals surface area (Å²) in [7, 11) is -2.32. The minimum atomic E-state index is -3.86. The number of carbonyl (C=O) groups excluding carboxylic acids is 1. The molecule has 0 aliphatic carbocycles. The summed E-state index contributed by atoms with van der Waals surface area (Å²) in [5, 5.41) is 0.624. The van der Waals surface area contributed by atoms with Crippen molar-refractivity contribution in [1.29, 1.82) is 0 Å². The van der Waals surface area contributed by atoms with E-state index in [2.05, 4.69) is 24.0 Å². The Bertz CT molecular complexity index is 1420. The van der Waals surface area contributed by atoms with E-state index in [-0.39, 0.29) is 10.8 Å². The van der Waals surface area contributed by atoms with Crippen LogP contribution in [0.3, 0.4) is 0 Å². The Kier molecular flexibility index (Phi) is 8.53. The van der Waals surface area contributed by atoms with Crippen molar-refractivity contribution < 1.29 is 22.7 Å². The Morgan fingerprint density at radius 3 is 2.62 bits per heavy atom. The Morgan fingerprint density at radius 2 is 1.90 bits per heavy atom. The molecule has 2 fully saturated rings. The lowest BCUT2D eigenvalue weighted by molar-refractivity contribution is -0.121. The highest BCUT2D eigenvalue weighted by Gasteiger charge is 2.42. The van der Waals surface area contributed by atoms with Crippen LogP contribution in [0.5, 0.6) is 5.75 Å². The zero-order chi connectivity index (χ0) is 27.6. The summed E-state index contributed by atoms with van der Waals surface area (Å²) in [4.78, 5) is 23.3. The number of benzene rings is 2. The molecule has 1 amide bonds. The number of amides is 1. The van der Waals surface area contributed by atoms with Crippen LogP contribution in [-0.4, -0.2) is 87.6 Å². The maximum Gasteiger partial charge on any atom is 0.247 e. The van der Waals surface area contributed by atoms with Gasteiger partial charge in [-0.05, 0) is 74.6 Å². The topological polar surface area (TPSA) is 92.3 Å². The number of nitrogens with zero attached hydrogens (tertiary/aromatic N) is 4. The third-order valence-electron chi connectivity index (χ3n) is 7.43. The third kappa shape index (κ3) is 5.97. The predicted molar refractivity (Wildman–Crippen MR) is 153 cm³/mol. The largest absolute Gasteiger partial charge is 0.497 e. The van der Waals surface area contributed by atoms with Crippen LogP contribution in [0.4, 0.5) is 5.13 Å². The molecule has 0 spiro atoms. The molecule has 2 aliphatic rings. The fourth-order valence-electron chi connectivity index (χ4n) is 5.39. The van der Waals surface area contributed by atoms with Crippen molar-refractivity contribution in [1.82, 2.24) is 14.2 Å². The smallest absolute Gasteiger partial charge is 0.247 e. The number of rotatable bonds is 9. The standard InChI is InChI=1S/C28H36N4O5S2/c1-20-18-21(2)26-25(19-20)38-28(29-26)31(12-5-11-30-14-16-37-17-15-30)27(33)24-6-4-13-32(24)39(34,35)23-9-7-22(36-3)8-10-23/h7-10,18-19,24H,4-6,11-17H2,1-3H3. The van der Waals surface area contributed by atoms with Gasteiger partial charge in [-0.2, -0.15) is 4.31 Å². The number of aryl methyl sites for hydroxylation is 2. The number of methoxy groups -OCH3 is 1. The SMILES string of the molecule is COc1ccc(S(=O)(=O)N2CCCC2C(=O)N(CCCN2CCOCC2)c2nc3c(C)cc(C)cc3s2)cc1. The van der Waals surface area contributed by atoms with Gasteiger partial charge in [-0.15, -0.1) is 0 Å². The van der Waals surface area contributed by atoms with E-state index in [1.165, 1.54) is 34.9 Å². The third-order valence-corrected chi connectivity index (χ3v) is 10.4. The van der Waals surface area contributed by atoms with Gasteiger partial charge in [0.15, 0.2) is 5.13 Å². The van der Waals surface area contributed by atoms with Gasteiger partial charge in [0.05, 0.1) is 35.4 Å².